The van der Waals surface area contributed by atoms with Crippen molar-refractivity contribution in [2.75, 3.05) is 13.4 Å². The van der Waals surface area contributed by atoms with Crippen molar-refractivity contribution in [3.8, 4) is 0 Å². The topological polar surface area (TPSA) is 72.8 Å². The third kappa shape index (κ3) is 2.19. The van der Waals surface area contributed by atoms with E-state index in [2.05, 4.69) is 4.74 Å². The van der Waals surface area contributed by atoms with E-state index >= 15 is 0 Å². The predicted molar refractivity (Wildman–Crippen MR) is 32.7 cm³/mol. The Kier molecular flexibility index (Phi) is 2.43. The molecule has 1 rings (SSSR count). The second-order valence-electron chi connectivity index (χ2n) is 2.24. The Bertz CT molecular complexity index is 176. The molecule has 0 aromatic rings. The van der Waals surface area contributed by atoms with Crippen LogP contribution in [0.1, 0.15) is 6.42 Å². The van der Waals surface area contributed by atoms with Crippen molar-refractivity contribution in [3.05, 3.63) is 0 Å². The molecule has 1 unspecified atom stereocenters. The van der Waals surface area contributed by atoms with Crippen LogP contribution in [0.2, 0.25) is 0 Å². The maximum atomic E-state index is 10.6. The minimum absolute atomic E-state index is 0.0427. The number of carbonyl (C=O) groups excluding carboxylic acids is 1. The SMILES string of the molecule is O=C1CC(C(=O)O)COCO1. The number of ether oxygens (including phenoxy) is 2. The highest BCUT2D eigenvalue weighted by atomic mass is 16.7. The third-order valence-electron chi connectivity index (χ3n) is 1.38. The number of carboxylic acids is 1. The summed E-state index contributed by atoms with van der Waals surface area (Å²) in [5.74, 6) is -2.30. The highest BCUT2D eigenvalue weighted by Gasteiger charge is 2.24. The molecule has 1 N–H and O–H groups in total. The number of hydrogen-bond donors (Lipinski definition) is 1. The first-order chi connectivity index (χ1) is 5.20. The molecule has 0 radical (unpaired) electrons. The van der Waals surface area contributed by atoms with Gasteiger partial charge in [0.05, 0.1) is 18.9 Å². The highest BCUT2D eigenvalue weighted by Crippen LogP contribution is 2.09. The van der Waals surface area contributed by atoms with Crippen LogP contribution in [0.15, 0.2) is 0 Å². The maximum absolute atomic E-state index is 10.6. The molecule has 1 atom stereocenters. The standard InChI is InChI=1S/C6H8O5/c7-5-1-4(6(8)9)2-10-3-11-5/h4H,1-3H2,(H,8,9). The lowest BCUT2D eigenvalue weighted by atomic mass is 10.1. The van der Waals surface area contributed by atoms with Gasteiger partial charge in [-0.05, 0) is 0 Å². The summed E-state index contributed by atoms with van der Waals surface area (Å²) in [6.07, 6.45) is -0.102. The molecule has 1 aliphatic rings. The number of aliphatic carboxylic acids is 1. The summed E-state index contributed by atoms with van der Waals surface area (Å²) in [5.41, 5.74) is 0. The van der Waals surface area contributed by atoms with Crippen LogP contribution in [0.5, 0.6) is 0 Å². The predicted octanol–water partition coefficient (Wildman–Crippen LogP) is -0.392. The minimum Gasteiger partial charge on any atom is -0.481 e. The summed E-state index contributed by atoms with van der Waals surface area (Å²) in [6, 6.07) is 0. The quantitative estimate of drug-likeness (QED) is 0.529. The first kappa shape index (κ1) is 8.00. The first-order valence-electron chi connectivity index (χ1n) is 3.16. The molecular weight excluding hydrogens is 152 g/mol. The normalized spacial score (nSPS) is 25.5. The minimum atomic E-state index is -1.02. The lowest BCUT2D eigenvalue weighted by Gasteiger charge is -2.03. The lowest BCUT2D eigenvalue weighted by molar-refractivity contribution is -0.152. The van der Waals surface area contributed by atoms with Crippen molar-refractivity contribution in [1.29, 1.82) is 0 Å². The van der Waals surface area contributed by atoms with E-state index in [-0.39, 0.29) is 19.8 Å². The van der Waals surface area contributed by atoms with Gasteiger partial charge in [0.15, 0.2) is 6.79 Å². The number of rotatable bonds is 1. The van der Waals surface area contributed by atoms with Crippen molar-refractivity contribution in [2.24, 2.45) is 5.92 Å². The summed E-state index contributed by atoms with van der Waals surface area (Å²) in [5, 5.41) is 8.49. The molecule has 5 heteroatoms. The Hall–Kier alpha value is -1.10. The Morgan fingerprint density at radius 3 is 3.00 bits per heavy atom. The van der Waals surface area contributed by atoms with Gasteiger partial charge in [0.2, 0.25) is 0 Å². The first-order valence-corrected chi connectivity index (χ1v) is 3.16. The van der Waals surface area contributed by atoms with E-state index in [0.717, 1.165) is 0 Å². The summed E-state index contributed by atoms with van der Waals surface area (Å²) in [4.78, 5) is 21.0. The second-order valence-corrected chi connectivity index (χ2v) is 2.24. The molecule has 1 aliphatic heterocycles. The van der Waals surface area contributed by atoms with Crippen LogP contribution in [0.3, 0.4) is 0 Å². The van der Waals surface area contributed by atoms with Gasteiger partial charge in [-0.25, -0.2) is 0 Å². The number of carboxylic acid groups (broad SMARTS) is 1. The van der Waals surface area contributed by atoms with E-state index in [4.69, 9.17) is 9.84 Å². The van der Waals surface area contributed by atoms with Gasteiger partial charge in [0, 0.05) is 0 Å². The maximum Gasteiger partial charge on any atom is 0.309 e. The van der Waals surface area contributed by atoms with Crippen molar-refractivity contribution in [1.82, 2.24) is 0 Å². The Morgan fingerprint density at radius 1 is 1.64 bits per heavy atom. The molecule has 0 spiro atoms. The zero-order valence-corrected chi connectivity index (χ0v) is 5.78. The molecule has 62 valence electrons. The van der Waals surface area contributed by atoms with Gasteiger partial charge >= 0.3 is 11.9 Å². The fraction of sp³-hybridized carbons (Fsp3) is 0.667. The number of carbonyl (C=O) groups is 2. The van der Waals surface area contributed by atoms with Crippen LogP contribution < -0.4 is 0 Å². The molecule has 0 amide bonds. The molecule has 1 heterocycles. The van der Waals surface area contributed by atoms with Gasteiger partial charge in [-0.3, -0.25) is 9.59 Å². The van der Waals surface area contributed by atoms with Crippen LogP contribution >= 0.6 is 0 Å². The smallest absolute Gasteiger partial charge is 0.309 e. The third-order valence-corrected chi connectivity index (χ3v) is 1.38. The number of hydrogen-bond acceptors (Lipinski definition) is 4. The number of esters is 1. The lowest BCUT2D eigenvalue weighted by Crippen LogP contribution is -2.19. The summed E-state index contributed by atoms with van der Waals surface area (Å²) in [6.45, 7) is -0.0936. The fourth-order valence-electron chi connectivity index (χ4n) is 0.775. The van der Waals surface area contributed by atoms with Gasteiger partial charge in [0.25, 0.3) is 0 Å². The fourth-order valence-corrected chi connectivity index (χ4v) is 0.775. The Morgan fingerprint density at radius 2 is 2.36 bits per heavy atom. The summed E-state index contributed by atoms with van der Waals surface area (Å²) < 4.78 is 9.17. The average molecular weight is 160 g/mol. The Labute approximate surface area is 62.9 Å². The van der Waals surface area contributed by atoms with Gasteiger partial charge < -0.3 is 14.6 Å². The molecule has 0 aromatic carbocycles. The monoisotopic (exact) mass is 160 g/mol. The van der Waals surface area contributed by atoms with Crippen LogP contribution in [0.25, 0.3) is 0 Å². The van der Waals surface area contributed by atoms with Crippen molar-refractivity contribution in [3.63, 3.8) is 0 Å². The van der Waals surface area contributed by atoms with Crippen molar-refractivity contribution >= 4 is 11.9 Å². The summed E-state index contributed by atoms with van der Waals surface area (Å²) in [7, 11) is 0. The van der Waals surface area contributed by atoms with Crippen molar-refractivity contribution in [2.45, 2.75) is 6.42 Å². The van der Waals surface area contributed by atoms with Crippen LogP contribution in [0.4, 0.5) is 0 Å². The average Bonchev–Trinajstić information content (AvgIpc) is 2.13. The second kappa shape index (κ2) is 3.34. The molecule has 11 heavy (non-hydrogen) atoms. The van der Waals surface area contributed by atoms with Crippen LogP contribution in [-0.4, -0.2) is 30.4 Å². The van der Waals surface area contributed by atoms with Gasteiger partial charge in [-0.2, -0.15) is 0 Å². The van der Waals surface area contributed by atoms with E-state index in [1.807, 2.05) is 0 Å². The van der Waals surface area contributed by atoms with Gasteiger partial charge in [0.1, 0.15) is 0 Å². The van der Waals surface area contributed by atoms with E-state index in [9.17, 15) is 9.59 Å². The largest absolute Gasteiger partial charge is 0.481 e. The van der Waals surface area contributed by atoms with Crippen molar-refractivity contribution < 1.29 is 24.2 Å². The van der Waals surface area contributed by atoms with Gasteiger partial charge in [-0.1, -0.05) is 0 Å². The molecule has 1 saturated heterocycles. The van der Waals surface area contributed by atoms with Crippen LogP contribution in [0, 0.1) is 5.92 Å². The van der Waals surface area contributed by atoms with E-state index < -0.39 is 17.9 Å². The molecule has 0 bridgehead atoms. The van der Waals surface area contributed by atoms with E-state index in [0.29, 0.717) is 0 Å². The number of cyclic esters (lactones) is 1. The van der Waals surface area contributed by atoms with E-state index in [1.54, 1.807) is 0 Å². The molecule has 5 nitrogen and oxygen atoms in total. The molecule has 0 saturated carbocycles. The van der Waals surface area contributed by atoms with Crippen LogP contribution in [-0.2, 0) is 19.1 Å². The molecule has 0 aromatic heterocycles. The summed E-state index contributed by atoms with van der Waals surface area (Å²) >= 11 is 0. The molecule has 0 aliphatic carbocycles. The Balaban J connectivity index is 2.52. The van der Waals surface area contributed by atoms with E-state index in [1.165, 1.54) is 0 Å². The zero-order valence-electron chi connectivity index (χ0n) is 5.78. The highest BCUT2D eigenvalue weighted by molar-refractivity contribution is 5.79. The molecule has 1 fully saturated rings. The van der Waals surface area contributed by atoms with Gasteiger partial charge in [-0.15, -0.1) is 0 Å². The molecular formula is C6H8O5. The zero-order chi connectivity index (χ0) is 8.27.